The number of allylic oxidation sites excluding steroid dienone is 2. The third-order valence-corrected chi connectivity index (χ3v) is 1.67. The zero-order valence-electron chi connectivity index (χ0n) is 7.36. The first-order valence-electron chi connectivity index (χ1n) is 4.01. The molecular weight excluding hydrogens is 164 g/mol. The highest BCUT2D eigenvalue weighted by Gasteiger charge is 2.05. The normalized spacial score (nSPS) is 10.2. The summed E-state index contributed by atoms with van der Waals surface area (Å²) in [5.74, 6) is -0.134. The SMILES string of the molecule is C/C=C/C(=O)c1ccccc1C=O. The molecule has 0 fully saturated rings. The Hall–Kier alpha value is -1.70. The van der Waals surface area contributed by atoms with Crippen LogP contribution in [0.3, 0.4) is 0 Å². The number of ketones is 1. The Balaban J connectivity index is 3.12. The van der Waals surface area contributed by atoms with Crippen molar-refractivity contribution in [2.24, 2.45) is 0 Å². The van der Waals surface area contributed by atoms with E-state index in [0.29, 0.717) is 17.4 Å². The molecule has 0 aliphatic heterocycles. The average Bonchev–Trinajstić information content (AvgIpc) is 2.18. The first-order valence-corrected chi connectivity index (χ1v) is 4.01. The van der Waals surface area contributed by atoms with Gasteiger partial charge in [-0.1, -0.05) is 30.3 Å². The van der Waals surface area contributed by atoms with Crippen LogP contribution in [-0.4, -0.2) is 12.1 Å². The van der Waals surface area contributed by atoms with Crippen LogP contribution < -0.4 is 0 Å². The first kappa shape index (κ1) is 9.39. The number of carbonyl (C=O) groups excluding carboxylic acids is 2. The van der Waals surface area contributed by atoms with Gasteiger partial charge in [-0.15, -0.1) is 0 Å². The molecular formula is C11H10O2. The number of rotatable bonds is 3. The fraction of sp³-hybridized carbons (Fsp3) is 0.0909. The van der Waals surface area contributed by atoms with E-state index in [-0.39, 0.29) is 5.78 Å². The number of hydrogen-bond acceptors (Lipinski definition) is 2. The topological polar surface area (TPSA) is 34.1 Å². The summed E-state index contributed by atoms with van der Waals surface area (Å²) < 4.78 is 0. The van der Waals surface area contributed by atoms with E-state index in [1.54, 1.807) is 37.3 Å². The summed E-state index contributed by atoms with van der Waals surface area (Å²) in [6.07, 6.45) is 3.79. The smallest absolute Gasteiger partial charge is 0.186 e. The van der Waals surface area contributed by atoms with Gasteiger partial charge in [0.15, 0.2) is 12.1 Å². The highest BCUT2D eigenvalue weighted by atomic mass is 16.1. The Bertz CT molecular complexity index is 351. The summed E-state index contributed by atoms with van der Waals surface area (Å²) >= 11 is 0. The van der Waals surface area contributed by atoms with Gasteiger partial charge in [-0.3, -0.25) is 9.59 Å². The highest BCUT2D eigenvalue weighted by Crippen LogP contribution is 2.07. The molecule has 0 heterocycles. The van der Waals surface area contributed by atoms with Crippen LogP contribution in [0.4, 0.5) is 0 Å². The van der Waals surface area contributed by atoms with Crippen molar-refractivity contribution in [1.82, 2.24) is 0 Å². The van der Waals surface area contributed by atoms with E-state index in [1.807, 2.05) is 0 Å². The van der Waals surface area contributed by atoms with E-state index in [4.69, 9.17) is 0 Å². The molecule has 0 N–H and O–H groups in total. The van der Waals surface area contributed by atoms with Crippen LogP contribution in [-0.2, 0) is 0 Å². The minimum absolute atomic E-state index is 0.134. The molecule has 0 bridgehead atoms. The number of aldehydes is 1. The molecule has 0 amide bonds. The number of hydrogen-bond donors (Lipinski definition) is 0. The number of carbonyl (C=O) groups is 2. The van der Waals surface area contributed by atoms with E-state index >= 15 is 0 Å². The van der Waals surface area contributed by atoms with E-state index in [9.17, 15) is 9.59 Å². The van der Waals surface area contributed by atoms with Crippen molar-refractivity contribution in [3.8, 4) is 0 Å². The lowest BCUT2D eigenvalue weighted by Gasteiger charge is -1.98. The lowest BCUT2D eigenvalue weighted by molar-refractivity contribution is 0.103. The third kappa shape index (κ3) is 2.12. The average molecular weight is 174 g/mol. The maximum Gasteiger partial charge on any atom is 0.186 e. The third-order valence-electron chi connectivity index (χ3n) is 1.67. The van der Waals surface area contributed by atoms with Crippen molar-refractivity contribution in [3.05, 3.63) is 47.5 Å². The Morgan fingerprint density at radius 3 is 2.62 bits per heavy atom. The molecule has 0 saturated carbocycles. The minimum Gasteiger partial charge on any atom is -0.298 e. The van der Waals surface area contributed by atoms with Gasteiger partial charge in [-0.25, -0.2) is 0 Å². The van der Waals surface area contributed by atoms with Gasteiger partial charge in [0.05, 0.1) is 0 Å². The predicted octanol–water partition coefficient (Wildman–Crippen LogP) is 2.26. The molecule has 2 heteroatoms. The van der Waals surface area contributed by atoms with E-state index in [2.05, 4.69) is 0 Å². The molecule has 0 aliphatic carbocycles. The largest absolute Gasteiger partial charge is 0.298 e. The van der Waals surface area contributed by atoms with E-state index in [1.165, 1.54) is 6.08 Å². The second-order valence-corrected chi connectivity index (χ2v) is 2.57. The van der Waals surface area contributed by atoms with Crippen LogP contribution in [0, 0.1) is 0 Å². The molecule has 0 aromatic heterocycles. The summed E-state index contributed by atoms with van der Waals surface area (Å²) in [4.78, 5) is 21.9. The van der Waals surface area contributed by atoms with Crippen LogP contribution in [0.1, 0.15) is 27.6 Å². The zero-order chi connectivity index (χ0) is 9.68. The Kier molecular flexibility index (Phi) is 3.15. The lowest BCUT2D eigenvalue weighted by atomic mass is 10.0. The molecule has 13 heavy (non-hydrogen) atoms. The summed E-state index contributed by atoms with van der Waals surface area (Å²) in [7, 11) is 0. The van der Waals surface area contributed by atoms with Crippen molar-refractivity contribution < 1.29 is 9.59 Å². The van der Waals surface area contributed by atoms with Crippen molar-refractivity contribution in [1.29, 1.82) is 0 Å². The van der Waals surface area contributed by atoms with Gasteiger partial charge >= 0.3 is 0 Å². The zero-order valence-corrected chi connectivity index (χ0v) is 7.36. The molecule has 0 atom stereocenters. The molecule has 0 aliphatic rings. The highest BCUT2D eigenvalue weighted by molar-refractivity contribution is 6.09. The Morgan fingerprint density at radius 1 is 1.31 bits per heavy atom. The van der Waals surface area contributed by atoms with Gasteiger partial charge < -0.3 is 0 Å². The maximum atomic E-state index is 11.4. The predicted molar refractivity (Wildman–Crippen MR) is 51.0 cm³/mol. The molecule has 0 saturated heterocycles. The van der Waals surface area contributed by atoms with Gasteiger partial charge in [-0.05, 0) is 13.0 Å². The monoisotopic (exact) mass is 174 g/mol. The van der Waals surface area contributed by atoms with Gasteiger partial charge in [0.1, 0.15) is 0 Å². The van der Waals surface area contributed by atoms with Gasteiger partial charge in [-0.2, -0.15) is 0 Å². The minimum atomic E-state index is -0.134. The summed E-state index contributed by atoms with van der Waals surface area (Å²) in [6, 6.07) is 6.75. The van der Waals surface area contributed by atoms with Gasteiger partial charge in [0, 0.05) is 11.1 Å². The second-order valence-electron chi connectivity index (χ2n) is 2.57. The number of benzene rings is 1. The van der Waals surface area contributed by atoms with Crippen LogP contribution in [0.15, 0.2) is 36.4 Å². The quantitative estimate of drug-likeness (QED) is 0.400. The lowest BCUT2D eigenvalue weighted by Crippen LogP contribution is -1.99. The fourth-order valence-corrected chi connectivity index (χ4v) is 1.07. The summed E-state index contributed by atoms with van der Waals surface area (Å²) in [5.41, 5.74) is 0.890. The molecule has 1 aromatic carbocycles. The Labute approximate surface area is 76.9 Å². The van der Waals surface area contributed by atoms with Crippen LogP contribution >= 0.6 is 0 Å². The summed E-state index contributed by atoms with van der Waals surface area (Å²) in [5, 5.41) is 0. The van der Waals surface area contributed by atoms with Gasteiger partial charge in [0.2, 0.25) is 0 Å². The summed E-state index contributed by atoms with van der Waals surface area (Å²) in [6.45, 7) is 1.77. The molecule has 0 radical (unpaired) electrons. The maximum absolute atomic E-state index is 11.4. The second kappa shape index (κ2) is 4.36. The van der Waals surface area contributed by atoms with Crippen molar-refractivity contribution >= 4 is 12.1 Å². The van der Waals surface area contributed by atoms with Crippen molar-refractivity contribution in [2.45, 2.75) is 6.92 Å². The van der Waals surface area contributed by atoms with Crippen molar-refractivity contribution in [3.63, 3.8) is 0 Å². The molecule has 2 nitrogen and oxygen atoms in total. The molecule has 0 spiro atoms. The molecule has 1 aromatic rings. The molecule has 0 unspecified atom stereocenters. The van der Waals surface area contributed by atoms with E-state index in [0.717, 1.165) is 0 Å². The van der Waals surface area contributed by atoms with Gasteiger partial charge in [0.25, 0.3) is 0 Å². The van der Waals surface area contributed by atoms with Crippen LogP contribution in [0.25, 0.3) is 0 Å². The van der Waals surface area contributed by atoms with Crippen LogP contribution in [0.2, 0.25) is 0 Å². The van der Waals surface area contributed by atoms with Crippen molar-refractivity contribution in [2.75, 3.05) is 0 Å². The Morgan fingerprint density at radius 2 is 2.00 bits per heavy atom. The first-order chi connectivity index (χ1) is 6.29. The standard InChI is InChI=1S/C11H10O2/c1-2-5-11(13)10-7-4-3-6-9(10)8-12/h2-8H,1H3/b5-2+. The fourth-order valence-electron chi connectivity index (χ4n) is 1.07. The van der Waals surface area contributed by atoms with E-state index < -0.39 is 0 Å². The molecule has 1 rings (SSSR count). The van der Waals surface area contributed by atoms with Crippen LogP contribution in [0.5, 0.6) is 0 Å². The molecule has 66 valence electrons.